The third-order valence-electron chi connectivity index (χ3n) is 5.58. The van der Waals surface area contributed by atoms with E-state index in [1.54, 1.807) is 0 Å². The summed E-state index contributed by atoms with van der Waals surface area (Å²) in [7, 11) is 0. The number of carbonyl (C=O) groups is 1. The molecule has 1 amide bonds. The fraction of sp³-hybridized carbons (Fsp3) is 0.400. The number of carbonyl (C=O) groups excluding carboxylic acids is 1. The Hall–Kier alpha value is -3.35. The minimum absolute atomic E-state index is 0.0189. The molecule has 0 bridgehead atoms. The molecule has 3 aromatic rings. The molecule has 7 heteroatoms. The summed E-state index contributed by atoms with van der Waals surface area (Å²) in [6.45, 7) is 5.99. The Morgan fingerprint density at radius 1 is 1.19 bits per heavy atom. The zero-order valence-corrected chi connectivity index (χ0v) is 18.8. The lowest BCUT2D eigenvalue weighted by Crippen LogP contribution is -2.41. The number of rotatable bonds is 8. The quantitative estimate of drug-likeness (QED) is 0.539. The first-order chi connectivity index (χ1) is 15.6. The topological polar surface area (TPSA) is 83.1 Å². The van der Waals surface area contributed by atoms with Gasteiger partial charge in [-0.2, -0.15) is 5.10 Å². The molecule has 1 aromatic heterocycles. The van der Waals surface area contributed by atoms with Crippen molar-refractivity contribution in [3.05, 3.63) is 60.4 Å². The van der Waals surface area contributed by atoms with E-state index in [2.05, 4.69) is 35.4 Å². The van der Waals surface area contributed by atoms with Crippen LogP contribution >= 0.6 is 0 Å². The van der Waals surface area contributed by atoms with E-state index >= 15 is 0 Å². The van der Waals surface area contributed by atoms with Crippen LogP contribution in [0.1, 0.15) is 45.0 Å². The molecule has 1 saturated heterocycles. The van der Waals surface area contributed by atoms with Crippen molar-refractivity contribution in [2.75, 3.05) is 25.0 Å². The van der Waals surface area contributed by atoms with Crippen molar-refractivity contribution in [2.24, 2.45) is 5.92 Å². The van der Waals surface area contributed by atoms with E-state index in [1.807, 2.05) is 53.4 Å². The SMILES string of the molecule is CC(C)CNc1cccc(-c2n[nH]c([C@H]3CCCCN3C(=O)COc3ccccc3)n2)c1. The maximum atomic E-state index is 12.9. The van der Waals surface area contributed by atoms with Gasteiger partial charge in [-0.05, 0) is 49.4 Å². The number of amides is 1. The van der Waals surface area contributed by atoms with Crippen LogP contribution < -0.4 is 10.1 Å². The molecule has 0 unspecified atom stereocenters. The number of piperidine rings is 1. The predicted octanol–water partition coefficient (Wildman–Crippen LogP) is 4.67. The highest BCUT2D eigenvalue weighted by molar-refractivity contribution is 5.78. The second-order valence-electron chi connectivity index (χ2n) is 8.60. The van der Waals surface area contributed by atoms with Gasteiger partial charge < -0.3 is 15.0 Å². The first-order valence-electron chi connectivity index (χ1n) is 11.3. The summed E-state index contributed by atoms with van der Waals surface area (Å²) in [6, 6.07) is 17.4. The highest BCUT2D eigenvalue weighted by Crippen LogP contribution is 2.30. The fourth-order valence-electron chi connectivity index (χ4n) is 3.90. The second kappa shape index (κ2) is 10.3. The number of aromatic amines is 1. The number of benzene rings is 2. The summed E-state index contributed by atoms with van der Waals surface area (Å²) in [5.74, 6) is 2.60. The van der Waals surface area contributed by atoms with Crippen molar-refractivity contribution in [1.29, 1.82) is 0 Å². The van der Waals surface area contributed by atoms with Crippen LogP contribution in [-0.2, 0) is 4.79 Å². The Morgan fingerprint density at radius 2 is 2.03 bits per heavy atom. The van der Waals surface area contributed by atoms with E-state index in [0.29, 0.717) is 24.0 Å². The molecule has 2 aromatic carbocycles. The smallest absolute Gasteiger partial charge is 0.261 e. The first-order valence-corrected chi connectivity index (χ1v) is 11.3. The zero-order valence-electron chi connectivity index (χ0n) is 18.8. The molecule has 1 aliphatic rings. The van der Waals surface area contributed by atoms with E-state index in [0.717, 1.165) is 42.9 Å². The molecule has 4 rings (SSSR count). The lowest BCUT2D eigenvalue weighted by molar-refractivity contribution is -0.137. The Balaban J connectivity index is 1.45. The molecule has 0 saturated carbocycles. The molecule has 32 heavy (non-hydrogen) atoms. The monoisotopic (exact) mass is 433 g/mol. The zero-order chi connectivity index (χ0) is 22.3. The number of hydrogen-bond donors (Lipinski definition) is 2. The van der Waals surface area contributed by atoms with Gasteiger partial charge in [0.25, 0.3) is 5.91 Å². The van der Waals surface area contributed by atoms with Crippen molar-refractivity contribution in [2.45, 2.75) is 39.2 Å². The Bertz CT molecular complexity index is 1020. The summed E-state index contributed by atoms with van der Waals surface area (Å²) < 4.78 is 5.69. The first kappa shape index (κ1) is 21.9. The van der Waals surface area contributed by atoms with Crippen molar-refractivity contribution in [3.8, 4) is 17.1 Å². The summed E-state index contributed by atoms with van der Waals surface area (Å²) in [5.41, 5.74) is 2.00. The number of aromatic nitrogens is 3. The number of hydrogen-bond acceptors (Lipinski definition) is 5. The normalized spacial score (nSPS) is 16.2. The summed E-state index contributed by atoms with van der Waals surface area (Å²) in [4.78, 5) is 19.6. The molecule has 1 fully saturated rings. The van der Waals surface area contributed by atoms with Gasteiger partial charge in [0.2, 0.25) is 0 Å². The number of anilines is 1. The Kier molecular flexibility index (Phi) is 7.04. The van der Waals surface area contributed by atoms with E-state index < -0.39 is 0 Å². The van der Waals surface area contributed by atoms with Crippen LogP contribution in [0.15, 0.2) is 54.6 Å². The van der Waals surface area contributed by atoms with Crippen LogP contribution in [-0.4, -0.2) is 45.7 Å². The van der Waals surface area contributed by atoms with Gasteiger partial charge in [-0.25, -0.2) is 4.98 Å². The van der Waals surface area contributed by atoms with Gasteiger partial charge >= 0.3 is 0 Å². The number of likely N-dealkylation sites (tertiary alicyclic amines) is 1. The molecule has 0 aliphatic carbocycles. The van der Waals surface area contributed by atoms with Crippen LogP contribution in [0.25, 0.3) is 11.4 Å². The van der Waals surface area contributed by atoms with Crippen LogP contribution in [0.3, 0.4) is 0 Å². The number of H-pyrrole nitrogens is 1. The van der Waals surface area contributed by atoms with E-state index in [9.17, 15) is 4.79 Å². The van der Waals surface area contributed by atoms with Crippen molar-refractivity contribution < 1.29 is 9.53 Å². The van der Waals surface area contributed by atoms with Gasteiger partial charge in [0.15, 0.2) is 12.4 Å². The second-order valence-corrected chi connectivity index (χ2v) is 8.60. The summed E-state index contributed by atoms with van der Waals surface area (Å²) in [5, 5.41) is 11.0. The van der Waals surface area contributed by atoms with Crippen molar-refractivity contribution >= 4 is 11.6 Å². The lowest BCUT2D eigenvalue weighted by Gasteiger charge is -2.34. The highest BCUT2D eigenvalue weighted by atomic mass is 16.5. The molecule has 1 atom stereocenters. The average molecular weight is 434 g/mol. The fourth-order valence-corrected chi connectivity index (χ4v) is 3.90. The third kappa shape index (κ3) is 5.46. The van der Waals surface area contributed by atoms with Crippen molar-refractivity contribution in [1.82, 2.24) is 20.1 Å². The summed E-state index contributed by atoms with van der Waals surface area (Å²) in [6.07, 6.45) is 2.90. The number of nitrogens with zero attached hydrogens (tertiary/aromatic N) is 3. The van der Waals surface area contributed by atoms with Gasteiger partial charge in [-0.3, -0.25) is 9.89 Å². The van der Waals surface area contributed by atoms with E-state index in [-0.39, 0.29) is 18.6 Å². The summed E-state index contributed by atoms with van der Waals surface area (Å²) >= 11 is 0. The average Bonchev–Trinajstić information content (AvgIpc) is 3.32. The standard InChI is InChI=1S/C25H31N5O2/c1-18(2)16-26-20-10-8-9-19(15-20)24-27-25(29-28-24)22-13-6-7-14-30(22)23(31)17-32-21-11-4-3-5-12-21/h3-5,8-12,15,18,22,26H,6-7,13-14,16-17H2,1-2H3,(H,27,28,29)/t22-/m1/s1. The molecule has 0 radical (unpaired) electrons. The molecule has 2 N–H and O–H groups in total. The number of nitrogens with one attached hydrogen (secondary N) is 2. The van der Waals surface area contributed by atoms with E-state index in [1.165, 1.54) is 0 Å². The third-order valence-corrected chi connectivity index (χ3v) is 5.58. The predicted molar refractivity (Wildman–Crippen MR) is 125 cm³/mol. The van der Waals surface area contributed by atoms with Gasteiger partial charge in [0.05, 0.1) is 6.04 Å². The molecule has 1 aliphatic heterocycles. The molecule has 0 spiro atoms. The largest absolute Gasteiger partial charge is 0.484 e. The Morgan fingerprint density at radius 3 is 2.84 bits per heavy atom. The highest BCUT2D eigenvalue weighted by Gasteiger charge is 2.30. The van der Waals surface area contributed by atoms with Crippen LogP contribution in [0.2, 0.25) is 0 Å². The maximum Gasteiger partial charge on any atom is 0.261 e. The van der Waals surface area contributed by atoms with Crippen molar-refractivity contribution in [3.63, 3.8) is 0 Å². The van der Waals surface area contributed by atoms with E-state index in [4.69, 9.17) is 9.72 Å². The molecule has 2 heterocycles. The number of ether oxygens (including phenoxy) is 1. The Labute approximate surface area is 189 Å². The van der Waals surface area contributed by atoms with Crippen LogP contribution in [0.4, 0.5) is 5.69 Å². The van der Waals surface area contributed by atoms with Crippen LogP contribution in [0.5, 0.6) is 5.75 Å². The van der Waals surface area contributed by atoms with Gasteiger partial charge in [-0.15, -0.1) is 0 Å². The number of para-hydroxylation sites is 1. The van der Waals surface area contributed by atoms with Gasteiger partial charge in [-0.1, -0.05) is 44.2 Å². The van der Waals surface area contributed by atoms with Gasteiger partial charge in [0.1, 0.15) is 11.6 Å². The van der Waals surface area contributed by atoms with Crippen LogP contribution in [0, 0.1) is 5.92 Å². The lowest BCUT2D eigenvalue weighted by atomic mass is 10.0. The molecular formula is C25H31N5O2. The molecular weight excluding hydrogens is 402 g/mol. The molecule has 168 valence electrons. The molecule has 7 nitrogen and oxygen atoms in total. The van der Waals surface area contributed by atoms with Gasteiger partial charge in [0, 0.05) is 24.3 Å². The minimum Gasteiger partial charge on any atom is -0.484 e. The maximum absolute atomic E-state index is 12.9. The minimum atomic E-state index is -0.112.